The first-order valence-corrected chi connectivity index (χ1v) is 8.32. The smallest absolute Gasteiger partial charge is 0.307 e. The maximum atomic E-state index is 12.0. The number of hydrogen-bond donors (Lipinski definition) is 2. The van der Waals surface area contributed by atoms with E-state index in [0.29, 0.717) is 12.5 Å². The molecule has 7 heteroatoms. The summed E-state index contributed by atoms with van der Waals surface area (Å²) >= 11 is 1.33. The zero-order chi connectivity index (χ0) is 16.8. The van der Waals surface area contributed by atoms with Crippen LogP contribution >= 0.6 is 11.8 Å². The molecule has 0 saturated carbocycles. The van der Waals surface area contributed by atoms with Gasteiger partial charge in [-0.05, 0) is 18.1 Å². The lowest BCUT2D eigenvalue weighted by molar-refractivity contribution is -0.149. The molecule has 1 aliphatic heterocycles. The second-order valence-corrected chi connectivity index (χ2v) is 6.90. The van der Waals surface area contributed by atoms with Gasteiger partial charge < -0.3 is 15.4 Å². The first kappa shape index (κ1) is 17.3. The summed E-state index contributed by atoms with van der Waals surface area (Å²) in [6.07, 6.45) is -0.0672. The van der Waals surface area contributed by atoms with Crippen LogP contribution in [0.2, 0.25) is 0 Å². The van der Waals surface area contributed by atoms with E-state index in [1.165, 1.54) is 11.8 Å². The van der Waals surface area contributed by atoms with Gasteiger partial charge >= 0.3 is 5.97 Å². The fourth-order valence-corrected chi connectivity index (χ4v) is 3.05. The largest absolute Gasteiger partial charge is 0.456 e. The highest BCUT2D eigenvalue weighted by Gasteiger charge is 2.29. The number of para-hydroxylation sites is 1. The van der Waals surface area contributed by atoms with Crippen LogP contribution in [0.4, 0.5) is 5.69 Å². The number of carbonyl (C=O) groups is 3. The van der Waals surface area contributed by atoms with Crippen molar-refractivity contribution in [2.45, 2.75) is 30.4 Å². The van der Waals surface area contributed by atoms with Crippen molar-refractivity contribution in [1.29, 1.82) is 0 Å². The Kier molecular flexibility index (Phi) is 6.04. The summed E-state index contributed by atoms with van der Waals surface area (Å²) in [6, 6.07) is 7.41. The maximum Gasteiger partial charge on any atom is 0.307 e. The van der Waals surface area contributed by atoms with E-state index in [2.05, 4.69) is 10.6 Å². The normalized spacial score (nSPS) is 16.5. The minimum absolute atomic E-state index is 0.0672. The highest BCUT2D eigenvalue weighted by atomic mass is 32.2. The van der Waals surface area contributed by atoms with Crippen LogP contribution in [-0.4, -0.2) is 36.2 Å². The zero-order valence-corrected chi connectivity index (χ0v) is 13.9. The molecule has 0 unspecified atom stereocenters. The van der Waals surface area contributed by atoms with Crippen molar-refractivity contribution < 1.29 is 19.1 Å². The number of nitrogens with one attached hydrogen (secondary N) is 2. The van der Waals surface area contributed by atoms with Crippen LogP contribution in [0, 0.1) is 5.92 Å². The van der Waals surface area contributed by atoms with Gasteiger partial charge in [0.05, 0.1) is 17.4 Å². The topological polar surface area (TPSA) is 84.5 Å². The van der Waals surface area contributed by atoms with Gasteiger partial charge in [0.25, 0.3) is 5.91 Å². The molecule has 2 rings (SSSR count). The van der Waals surface area contributed by atoms with E-state index in [1.54, 1.807) is 0 Å². The quantitative estimate of drug-likeness (QED) is 0.774. The highest BCUT2D eigenvalue weighted by molar-refractivity contribution is 8.01. The standard InChI is InChI=1S/C16H20N2O4S/c1-10(2)8-17-14(19)9-22-15(20)7-13-16(21)18-11-5-3-4-6-12(11)23-13/h3-6,10,13H,7-9H2,1-2H3,(H,17,19)(H,18,21)/t13-/m0/s1. The van der Waals surface area contributed by atoms with Crippen molar-refractivity contribution in [3.63, 3.8) is 0 Å². The Bertz CT molecular complexity index is 603. The Hall–Kier alpha value is -2.02. The average molecular weight is 336 g/mol. The van der Waals surface area contributed by atoms with Crippen molar-refractivity contribution in [1.82, 2.24) is 5.32 Å². The van der Waals surface area contributed by atoms with E-state index in [0.717, 1.165) is 10.6 Å². The lowest BCUT2D eigenvalue weighted by Gasteiger charge is -2.23. The number of benzene rings is 1. The molecule has 0 aromatic heterocycles. The van der Waals surface area contributed by atoms with Crippen LogP contribution in [0.3, 0.4) is 0 Å². The van der Waals surface area contributed by atoms with Crippen molar-refractivity contribution in [3.05, 3.63) is 24.3 Å². The highest BCUT2D eigenvalue weighted by Crippen LogP contribution is 2.36. The molecule has 2 amide bonds. The predicted octanol–water partition coefficient (Wildman–Crippen LogP) is 1.80. The Labute approximate surface area is 139 Å². The molecule has 1 aromatic rings. The maximum absolute atomic E-state index is 12.0. The van der Waals surface area contributed by atoms with Crippen LogP contribution in [0.5, 0.6) is 0 Å². The van der Waals surface area contributed by atoms with E-state index in [4.69, 9.17) is 4.74 Å². The van der Waals surface area contributed by atoms with Gasteiger partial charge in [-0.2, -0.15) is 0 Å². The van der Waals surface area contributed by atoms with Gasteiger partial charge in [-0.25, -0.2) is 0 Å². The summed E-state index contributed by atoms with van der Waals surface area (Å²) in [6.45, 7) is 4.17. The van der Waals surface area contributed by atoms with E-state index >= 15 is 0 Å². The molecule has 23 heavy (non-hydrogen) atoms. The fourth-order valence-electron chi connectivity index (χ4n) is 1.95. The van der Waals surface area contributed by atoms with Crippen molar-refractivity contribution in [2.75, 3.05) is 18.5 Å². The summed E-state index contributed by atoms with van der Waals surface area (Å²) < 4.78 is 4.93. The Balaban J connectivity index is 1.79. The Morgan fingerprint density at radius 3 is 2.83 bits per heavy atom. The molecule has 0 radical (unpaired) electrons. The van der Waals surface area contributed by atoms with E-state index in [9.17, 15) is 14.4 Å². The Morgan fingerprint density at radius 2 is 2.09 bits per heavy atom. The van der Waals surface area contributed by atoms with Gasteiger partial charge in [-0.1, -0.05) is 26.0 Å². The fraction of sp³-hybridized carbons (Fsp3) is 0.438. The second kappa shape index (κ2) is 8.01. The number of esters is 1. The lowest BCUT2D eigenvalue weighted by Crippen LogP contribution is -2.34. The molecule has 0 spiro atoms. The third-order valence-corrected chi connectivity index (χ3v) is 4.41. The molecule has 2 N–H and O–H groups in total. The predicted molar refractivity (Wildman–Crippen MR) is 88.1 cm³/mol. The molecule has 124 valence electrons. The number of rotatable bonds is 6. The first-order valence-electron chi connectivity index (χ1n) is 7.44. The summed E-state index contributed by atoms with van der Waals surface area (Å²) in [7, 11) is 0. The average Bonchev–Trinajstić information content (AvgIpc) is 2.51. The monoisotopic (exact) mass is 336 g/mol. The number of ether oxygens (including phenoxy) is 1. The molecule has 1 heterocycles. The van der Waals surface area contributed by atoms with Crippen LogP contribution < -0.4 is 10.6 Å². The van der Waals surface area contributed by atoms with Gasteiger partial charge in [0, 0.05) is 11.4 Å². The first-order chi connectivity index (χ1) is 11.0. The lowest BCUT2D eigenvalue weighted by atomic mass is 10.2. The number of carbonyl (C=O) groups excluding carboxylic acids is 3. The van der Waals surface area contributed by atoms with E-state index in [-0.39, 0.29) is 24.8 Å². The number of fused-ring (bicyclic) bond motifs is 1. The van der Waals surface area contributed by atoms with E-state index in [1.807, 2.05) is 38.1 Å². The van der Waals surface area contributed by atoms with Crippen molar-refractivity contribution >= 4 is 35.2 Å². The van der Waals surface area contributed by atoms with Crippen LogP contribution in [0.15, 0.2) is 29.2 Å². The summed E-state index contributed by atoms with van der Waals surface area (Å²) in [4.78, 5) is 36.2. The van der Waals surface area contributed by atoms with Crippen LogP contribution in [0.25, 0.3) is 0 Å². The number of thioether (sulfide) groups is 1. The molecule has 6 nitrogen and oxygen atoms in total. The van der Waals surface area contributed by atoms with Crippen molar-refractivity contribution in [2.24, 2.45) is 5.92 Å². The van der Waals surface area contributed by atoms with Crippen LogP contribution in [-0.2, 0) is 19.1 Å². The third kappa shape index (κ3) is 5.28. The van der Waals surface area contributed by atoms with Gasteiger partial charge in [-0.15, -0.1) is 11.8 Å². The molecular weight excluding hydrogens is 316 g/mol. The molecule has 1 aliphatic rings. The van der Waals surface area contributed by atoms with E-state index < -0.39 is 11.2 Å². The Morgan fingerprint density at radius 1 is 1.35 bits per heavy atom. The molecule has 1 atom stereocenters. The number of amides is 2. The third-order valence-electron chi connectivity index (χ3n) is 3.13. The van der Waals surface area contributed by atoms with Crippen molar-refractivity contribution in [3.8, 4) is 0 Å². The van der Waals surface area contributed by atoms with Crippen LogP contribution in [0.1, 0.15) is 20.3 Å². The molecular formula is C16H20N2O4S. The summed E-state index contributed by atoms with van der Waals surface area (Å²) in [5.41, 5.74) is 0.750. The molecule has 0 aliphatic carbocycles. The number of hydrogen-bond acceptors (Lipinski definition) is 5. The summed E-state index contributed by atoms with van der Waals surface area (Å²) in [5, 5.41) is 4.88. The van der Waals surface area contributed by atoms with Gasteiger partial charge in [0.2, 0.25) is 5.91 Å². The zero-order valence-electron chi connectivity index (χ0n) is 13.1. The minimum atomic E-state index is -0.559. The minimum Gasteiger partial charge on any atom is -0.456 e. The second-order valence-electron chi connectivity index (χ2n) is 5.65. The molecule has 0 bridgehead atoms. The van der Waals surface area contributed by atoms with Gasteiger partial charge in [0.15, 0.2) is 6.61 Å². The number of anilines is 1. The van der Waals surface area contributed by atoms with Gasteiger partial charge in [0.1, 0.15) is 0 Å². The molecule has 1 aromatic carbocycles. The molecule has 0 saturated heterocycles. The summed E-state index contributed by atoms with van der Waals surface area (Å²) in [5.74, 6) is -0.790. The van der Waals surface area contributed by atoms with Gasteiger partial charge in [-0.3, -0.25) is 14.4 Å². The molecule has 0 fully saturated rings. The SMILES string of the molecule is CC(C)CNC(=O)COC(=O)C[C@@H]1Sc2ccccc2NC1=O.